The summed E-state index contributed by atoms with van der Waals surface area (Å²) in [5.41, 5.74) is 0. The van der Waals surface area contributed by atoms with E-state index in [2.05, 4.69) is 15.6 Å². The molecule has 2 rings (SSSR count). The van der Waals surface area contributed by atoms with E-state index in [1.54, 1.807) is 10.9 Å². The summed E-state index contributed by atoms with van der Waals surface area (Å²) in [6, 6.07) is -0.0844. The van der Waals surface area contributed by atoms with Gasteiger partial charge in [-0.1, -0.05) is 5.21 Å². The number of hydrogen-bond acceptors (Lipinski definition) is 4. The van der Waals surface area contributed by atoms with Crippen molar-refractivity contribution in [2.24, 2.45) is 0 Å². The first-order chi connectivity index (χ1) is 8.77. The highest BCUT2D eigenvalue weighted by molar-refractivity contribution is 5.81. The molecule has 1 saturated heterocycles. The fourth-order valence-electron chi connectivity index (χ4n) is 2.21. The number of carbonyl (C=O) groups is 1. The Morgan fingerprint density at radius 3 is 2.89 bits per heavy atom. The van der Waals surface area contributed by atoms with Crippen molar-refractivity contribution < 1.29 is 4.79 Å². The van der Waals surface area contributed by atoms with E-state index < -0.39 is 0 Å². The molecule has 0 spiro atoms. The van der Waals surface area contributed by atoms with Gasteiger partial charge < -0.3 is 10.2 Å². The first kappa shape index (κ1) is 13.0. The molecular weight excluding hydrogens is 230 g/mol. The van der Waals surface area contributed by atoms with Crippen LogP contribution in [0.1, 0.15) is 26.2 Å². The maximum atomic E-state index is 12.0. The smallest absolute Gasteiger partial charge is 0.239 e. The fraction of sp³-hybridized carbons (Fsp3) is 0.750. The van der Waals surface area contributed by atoms with Crippen LogP contribution in [0.3, 0.4) is 0 Å². The van der Waals surface area contributed by atoms with Gasteiger partial charge in [-0.2, -0.15) is 0 Å². The van der Waals surface area contributed by atoms with E-state index in [1.165, 1.54) is 0 Å². The molecule has 0 aliphatic carbocycles. The number of amides is 1. The lowest BCUT2D eigenvalue weighted by Gasteiger charge is -2.21. The number of nitrogens with one attached hydrogen (secondary N) is 1. The van der Waals surface area contributed by atoms with Gasteiger partial charge in [0.15, 0.2) is 0 Å². The van der Waals surface area contributed by atoms with Crippen molar-refractivity contribution in [1.29, 1.82) is 0 Å². The van der Waals surface area contributed by atoms with E-state index in [9.17, 15) is 4.79 Å². The predicted octanol–water partition coefficient (Wildman–Crippen LogP) is 0.269. The predicted molar refractivity (Wildman–Crippen MR) is 67.9 cm³/mol. The summed E-state index contributed by atoms with van der Waals surface area (Å²) in [6.07, 6.45) is 6.75. The second kappa shape index (κ2) is 6.49. The molecule has 0 bridgehead atoms. The fourth-order valence-corrected chi connectivity index (χ4v) is 2.21. The number of hydrogen-bond donors (Lipinski definition) is 1. The van der Waals surface area contributed by atoms with Gasteiger partial charge in [0.1, 0.15) is 0 Å². The van der Waals surface area contributed by atoms with Crippen molar-refractivity contribution >= 4 is 5.91 Å². The number of carbonyl (C=O) groups excluding carboxylic acids is 1. The second-order valence-electron chi connectivity index (χ2n) is 4.73. The molecule has 0 saturated carbocycles. The Morgan fingerprint density at radius 2 is 2.22 bits per heavy atom. The van der Waals surface area contributed by atoms with Gasteiger partial charge in [0.05, 0.1) is 12.2 Å². The summed E-state index contributed by atoms with van der Waals surface area (Å²) in [5, 5.41) is 10.9. The minimum absolute atomic E-state index is 0.0844. The average Bonchev–Trinajstić information content (AvgIpc) is 3.05. The monoisotopic (exact) mass is 251 g/mol. The van der Waals surface area contributed by atoms with Gasteiger partial charge in [-0.05, 0) is 32.7 Å². The second-order valence-corrected chi connectivity index (χ2v) is 4.73. The van der Waals surface area contributed by atoms with Crippen LogP contribution in [-0.4, -0.2) is 51.5 Å². The molecule has 100 valence electrons. The van der Waals surface area contributed by atoms with Gasteiger partial charge in [-0.15, -0.1) is 5.10 Å². The van der Waals surface area contributed by atoms with E-state index in [1.807, 2.05) is 18.0 Å². The van der Waals surface area contributed by atoms with Crippen LogP contribution in [0.5, 0.6) is 0 Å². The lowest BCUT2D eigenvalue weighted by atomic mass is 10.2. The van der Waals surface area contributed by atoms with Gasteiger partial charge >= 0.3 is 0 Å². The first-order valence-corrected chi connectivity index (χ1v) is 6.63. The van der Waals surface area contributed by atoms with Crippen molar-refractivity contribution in [2.45, 2.75) is 38.8 Å². The molecule has 1 unspecified atom stereocenters. The SMILES string of the molecule is CC(NCCCn1ccnn1)C(=O)N1CCCC1. The molecule has 6 heteroatoms. The van der Waals surface area contributed by atoms with E-state index in [0.29, 0.717) is 0 Å². The molecular formula is C12H21N5O. The van der Waals surface area contributed by atoms with Gasteiger partial charge in [0.2, 0.25) is 5.91 Å². The lowest BCUT2D eigenvalue weighted by molar-refractivity contribution is -0.131. The van der Waals surface area contributed by atoms with E-state index in [0.717, 1.165) is 45.4 Å². The minimum Gasteiger partial charge on any atom is -0.341 e. The summed E-state index contributed by atoms with van der Waals surface area (Å²) >= 11 is 0. The number of aromatic nitrogens is 3. The van der Waals surface area contributed by atoms with Crippen molar-refractivity contribution in [1.82, 2.24) is 25.2 Å². The van der Waals surface area contributed by atoms with Gasteiger partial charge in [-0.25, -0.2) is 0 Å². The highest BCUT2D eigenvalue weighted by Gasteiger charge is 2.22. The van der Waals surface area contributed by atoms with Crippen LogP contribution in [0, 0.1) is 0 Å². The average molecular weight is 251 g/mol. The van der Waals surface area contributed by atoms with Crippen LogP contribution >= 0.6 is 0 Å². The number of likely N-dealkylation sites (tertiary alicyclic amines) is 1. The molecule has 1 aromatic heterocycles. The van der Waals surface area contributed by atoms with Gasteiger partial charge in [0, 0.05) is 25.8 Å². The summed E-state index contributed by atoms with van der Waals surface area (Å²) < 4.78 is 1.80. The Labute approximate surface area is 107 Å². The van der Waals surface area contributed by atoms with Crippen LogP contribution in [0.25, 0.3) is 0 Å². The van der Waals surface area contributed by atoms with Crippen LogP contribution in [0.15, 0.2) is 12.4 Å². The Balaban J connectivity index is 1.62. The number of nitrogens with zero attached hydrogens (tertiary/aromatic N) is 4. The lowest BCUT2D eigenvalue weighted by Crippen LogP contribution is -2.44. The maximum absolute atomic E-state index is 12.0. The summed E-state index contributed by atoms with van der Waals surface area (Å²) in [6.45, 7) is 5.43. The quantitative estimate of drug-likeness (QED) is 0.737. The van der Waals surface area contributed by atoms with Gasteiger partial charge in [0.25, 0.3) is 0 Å². The Morgan fingerprint density at radius 1 is 1.44 bits per heavy atom. The molecule has 0 radical (unpaired) electrons. The van der Waals surface area contributed by atoms with Crippen molar-refractivity contribution in [3.8, 4) is 0 Å². The van der Waals surface area contributed by atoms with Crippen LogP contribution in [0.4, 0.5) is 0 Å². The summed E-state index contributed by atoms with van der Waals surface area (Å²) in [4.78, 5) is 14.0. The van der Waals surface area contributed by atoms with Crippen LogP contribution in [0.2, 0.25) is 0 Å². The van der Waals surface area contributed by atoms with E-state index in [4.69, 9.17) is 0 Å². The zero-order valence-electron chi connectivity index (χ0n) is 10.9. The Bertz CT molecular complexity index is 359. The van der Waals surface area contributed by atoms with Crippen molar-refractivity contribution in [2.75, 3.05) is 19.6 Å². The molecule has 1 N–H and O–H groups in total. The molecule has 1 aliphatic rings. The zero-order chi connectivity index (χ0) is 12.8. The van der Waals surface area contributed by atoms with Crippen LogP contribution in [-0.2, 0) is 11.3 Å². The largest absolute Gasteiger partial charge is 0.341 e. The molecule has 1 fully saturated rings. The zero-order valence-corrected chi connectivity index (χ0v) is 10.9. The third kappa shape index (κ3) is 3.53. The Hall–Kier alpha value is -1.43. The normalized spacial score (nSPS) is 17.1. The Kier molecular flexibility index (Phi) is 4.69. The molecule has 1 aliphatic heterocycles. The van der Waals surface area contributed by atoms with E-state index >= 15 is 0 Å². The summed E-state index contributed by atoms with van der Waals surface area (Å²) in [5.74, 6) is 0.230. The van der Waals surface area contributed by atoms with E-state index in [-0.39, 0.29) is 11.9 Å². The minimum atomic E-state index is -0.0844. The van der Waals surface area contributed by atoms with Crippen molar-refractivity contribution in [3.05, 3.63) is 12.4 Å². The highest BCUT2D eigenvalue weighted by atomic mass is 16.2. The highest BCUT2D eigenvalue weighted by Crippen LogP contribution is 2.08. The molecule has 6 nitrogen and oxygen atoms in total. The summed E-state index contributed by atoms with van der Waals surface area (Å²) in [7, 11) is 0. The molecule has 2 heterocycles. The number of aryl methyl sites for hydroxylation is 1. The first-order valence-electron chi connectivity index (χ1n) is 6.63. The third-order valence-corrected chi connectivity index (χ3v) is 3.27. The molecule has 1 aromatic rings. The molecule has 0 aromatic carbocycles. The topological polar surface area (TPSA) is 63.1 Å². The van der Waals surface area contributed by atoms with Crippen LogP contribution < -0.4 is 5.32 Å². The molecule has 1 amide bonds. The van der Waals surface area contributed by atoms with Gasteiger partial charge in [-0.3, -0.25) is 9.48 Å². The van der Waals surface area contributed by atoms with Crippen molar-refractivity contribution in [3.63, 3.8) is 0 Å². The third-order valence-electron chi connectivity index (χ3n) is 3.27. The molecule has 1 atom stereocenters. The standard InChI is InChI=1S/C12H21N5O/c1-11(12(18)16-7-2-3-8-16)13-5-4-9-17-10-6-14-15-17/h6,10-11,13H,2-5,7-9H2,1H3. The maximum Gasteiger partial charge on any atom is 0.239 e. The number of rotatable bonds is 6. The molecule has 18 heavy (non-hydrogen) atoms.